The van der Waals surface area contributed by atoms with Crippen molar-refractivity contribution in [2.45, 2.75) is 19.4 Å². The molecule has 1 atom stereocenters. The van der Waals surface area contributed by atoms with Crippen LogP contribution in [-0.4, -0.2) is 24.1 Å². The van der Waals surface area contributed by atoms with Crippen LogP contribution in [0.5, 0.6) is 0 Å². The molecule has 2 aromatic rings. The SMILES string of the molecule is CCC(OC)c1nc(NC)c(Br)c(-c2ccccc2)n1. The van der Waals surface area contributed by atoms with E-state index in [1.807, 2.05) is 37.4 Å². The van der Waals surface area contributed by atoms with Gasteiger partial charge in [0.25, 0.3) is 0 Å². The molecule has 106 valence electrons. The Kier molecular flexibility index (Phi) is 5.09. The molecule has 1 aromatic heterocycles. The number of halogens is 1. The molecule has 0 fully saturated rings. The van der Waals surface area contributed by atoms with E-state index < -0.39 is 0 Å². The van der Waals surface area contributed by atoms with E-state index in [1.54, 1.807) is 7.11 Å². The minimum atomic E-state index is -0.0994. The maximum Gasteiger partial charge on any atom is 0.160 e. The second kappa shape index (κ2) is 6.81. The van der Waals surface area contributed by atoms with Gasteiger partial charge in [-0.1, -0.05) is 37.3 Å². The molecule has 1 unspecified atom stereocenters. The highest BCUT2D eigenvalue weighted by atomic mass is 79.9. The lowest BCUT2D eigenvalue weighted by Gasteiger charge is -2.16. The summed E-state index contributed by atoms with van der Waals surface area (Å²) in [5.41, 5.74) is 1.92. The van der Waals surface area contributed by atoms with Gasteiger partial charge in [-0.05, 0) is 22.4 Å². The van der Waals surface area contributed by atoms with Crippen LogP contribution in [0.4, 0.5) is 5.82 Å². The van der Waals surface area contributed by atoms with Crippen molar-refractivity contribution in [3.05, 3.63) is 40.6 Å². The predicted octanol–water partition coefficient (Wildman–Crippen LogP) is 4.05. The largest absolute Gasteiger partial charge is 0.373 e. The Morgan fingerprint density at radius 2 is 1.95 bits per heavy atom. The van der Waals surface area contributed by atoms with Crippen LogP contribution in [0.2, 0.25) is 0 Å². The van der Waals surface area contributed by atoms with Crippen molar-refractivity contribution in [1.29, 1.82) is 0 Å². The van der Waals surface area contributed by atoms with Crippen LogP contribution in [-0.2, 0) is 4.74 Å². The highest BCUT2D eigenvalue weighted by molar-refractivity contribution is 9.10. The first-order valence-electron chi connectivity index (χ1n) is 6.54. The normalized spacial score (nSPS) is 12.2. The zero-order valence-electron chi connectivity index (χ0n) is 11.9. The van der Waals surface area contributed by atoms with E-state index in [0.29, 0.717) is 5.82 Å². The van der Waals surface area contributed by atoms with Crippen LogP contribution >= 0.6 is 15.9 Å². The van der Waals surface area contributed by atoms with E-state index in [1.165, 1.54) is 0 Å². The zero-order valence-corrected chi connectivity index (χ0v) is 13.4. The molecule has 20 heavy (non-hydrogen) atoms. The van der Waals surface area contributed by atoms with Gasteiger partial charge in [-0.3, -0.25) is 0 Å². The lowest BCUT2D eigenvalue weighted by atomic mass is 10.1. The minimum absolute atomic E-state index is 0.0994. The molecule has 0 saturated carbocycles. The number of hydrogen-bond acceptors (Lipinski definition) is 4. The average molecular weight is 336 g/mol. The van der Waals surface area contributed by atoms with Crippen LogP contribution < -0.4 is 5.32 Å². The van der Waals surface area contributed by atoms with Crippen molar-refractivity contribution in [1.82, 2.24) is 9.97 Å². The van der Waals surface area contributed by atoms with Crippen molar-refractivity contribution >= 4 is 21.7 Å². The third kappa shape index (κ3) is 2.99. The molecule has 0 saturated heterocycles. The fourth-order valence-electron chi connectivity index (χ4n) is 2.02. The first-order chi connectivity index (χ1) is 9.71. The van der Waals surface area contributed by atoms with Gasteiger partial charge < -0.3 is 10.1 Å². The molecule has 1 heterocycles. The molecule has 4 nitrogen and oxygen atoms in total. The maximum atomic E-state index is 5.45. The number of ether oxygens (including phenoxy) is 1. The molecule has 0 aliphatic rings. The summed E-state index contributed by atoms with van der Waals surface area (Å²) in [6.45, 7) is 2.06. The van der Waals surface area contributed by atoms with Gasteiger partial charge in [0.15, 0.2) is 5.82 Å². The van der Waals surface area contributed by atoms with Crippen LogP contribution in [0.3, 0.4) is 0 Å². The molecule has 5 heteroatoms. The lowest BCUT2D eigenvalue weighted by molar-refractivity contribution is 0.0928. The molecule has 0 spiro atoms. The van der Waals surface area contributed by atoms with Crippen LogP contribution in [0, 0.1) is 0 Å². The quantitative estimate of drug-likeness (QED) is 0.895. The summed E-state index contributed by atoms with van der Waals surface area (Å²) >= 11 is 3.58. The number of methoxy groups -OCH3 is 1. The average Bonchev–Trinajstić information content (AvgIpc) is 2.50. The summed E-state index contributed by atoms with van der Waals surface area (Å²) in [6, 6.07) is 10.0. The van der Waals surface area contributed by atoms with Gasteiger partial charge >= 0.3 is 0 Å². The predicted molar refractivity (Wildman–Crippen MR) is 84.8 cm³/mol. The molecule has 1 aromatic carbocycles. The molecule has 1 N–H and O–H groups in total. The van der Waals surface area contributed by atoms with Gasteiger partial charge in [-0.25, -0.2) is 9.97 Å². The third-order valence-corrected chi connectivity index (χ3v) is 3.85. The fourth-order valence-corrected chi connectivity index (χ4v) is 2.62. The first-order valence-corrected chi connectivity index (χ1v) is 7.34. The maximum absolute atomic E-state index is 5.45. The summed E-state index contributed by atoms with van der Waals surface area (Å²) in [6.07, 6.45) is 0.729. The standard InChI is InChI=1S/C15H18BrN3O/c1-4-11(20-3)14-18-13(10-8-6-5-7-9-10)12(16)15(17-2)19-14/h5-9,11H,4H2,1-3H3,(H,17,18,19). The molecular weight excluding hydrogens is 318 g/mol. The van der Waals surface area contributed by atoms with Gasteiger partial charge in [0.05, 0.1) is 10.2 Å². The van der Waals surface area contributed by atoms with Crippen LogP contribution in [0.1, 0.15) is 25.3 Å². The van der Waals surface area contributed by atoms with Crippen molar-refractivity contribution < 1.29 is 4.74 Å². The van der Waals surface area contributed by atoms with E-state index in [-0.39, 0.29) is 6.10 Å². The van der Waals surface area contributed by atoms with E-state index in [4.69, 9.17) is 4.74 Å². The topological polar surface area (TPSA) is 47.0 Å². The van der Waals surface area contributed by atoms with Gasteiger partial charge in [0, 0.05) is 19.7 Å². The van der Waals surface area contributed by atoms with E-state index >= 15 is 0 Å². The number of nitrogens with zero attached hydrogens (tertiary/aromatic N) is 2. The number of rotatable bonds is 5. The van der Waals surface area contributed by atoms with Gasteiger partial charge in [-0.2, -0.15) is 0 Å². The van der Waals surface area contributed by atoms with E-state index in [0.717, 1.165) is 28.0 Å². The minimum Gasteiger partial charge on any atom is -0.373 e. The monoisotopic (exact) mass is 335 g/mol. The zero-order chi connectivity index (χ0) is 14.5. The number of aromatic nitrogens is 2. The highest BCUT2D eigenvalue weighted by Crippen LogP contribution is 2.33. The van der Waals surface area contributed by atoms with Crippen LogP contribution in [0.15, 0.2) is 34.8 Å². The summed E-state index contributed by atoms with van der Waals surface area (Å²) in [5, 5.41) is 3.10. The van der Waals surface area contributed by atoms with Crippen molar-refractivity contribution in [3.8, 4) is 11.3 Å². The van der Waals surface area contributed by atoms with Gasteiger partial charge in [-0.15, -0.1) is 0 Å². The van der Waals surface area contributed by atoms with Crippen LogP contribution in [0.25, 0.3) is 11.3 Å². The summed E-state index contributed by atoms with van der Waals surface area (Å²) in [5.74, 6) is 1.46. The summed E-state index contributed by atoms with van der Waals surface area (Å²) in [4.78, 5) is 9.20. The molecule has 0 aliphatic carbocycles. The Balaban J connectivity index is 2.58. The molecule has 2 rings (SSSR count). The van der Waals surface area contributed by atoms with Crippen molar-refractivity contribution in [2.75, 3.05) is 19.5 Å². The Hall–Kier alpha value is -1.46. The Bertz CT molecular complexity index is 571. The number of hydrogen-bond donors (Lipinski definition) is 1. The smallest absolute Gasteiger partial charge is 0.160 e. The number of anilines is 1. The molecule has 0 radical (unpaired) electrons. The van der Waals surface area contributed by atoms with Gasteiger partial charge in [0.2, 0.25) is 0 Å². The molecular formula is C15H18BrN3O. The lowest BCUT2D eigenvalue weighted by Crippen LogP contribution is -2.09. The van der Waals surface area contributed by atoms with Crippen molar-refractivity contribution in [3.63, 3.8) is 0 Å². The van der Waals surface area contributed by atoms with E-state index in [9.17, 15) is 0 Å². The number of nitrogens with one attached hydrogen (secondary N) is 1. The van der Waals surface area contributed by atoms with E-state index in [2.05, 4.69) is 38.1 Å². The third-order valence-electron chi connectivity index (χ3n) is 3.10. The molecule has 0 bridgehead atoms. The fraction of sp³-hybridized carbons (Fsp3) is 0.333. The highest BCUT2D eigenvalue weighted by Gasteiger charge is 2.18. The molecule has 0 amide bonds. The Morgan fingerprint density at radius 1 is 1.25 bits per heavy atom. The summed E-state index contributed by atoms with van der Waals surface area (Å²) in [7, 11) is 3.53. The first kappa shape index (κ1) is 14.9. The second-order valence-corrected chi connectivity index (χ2v) is 5.13. The number of benzene rings is 1. The molecule has 0 aliphatic heterocycles. The van der Waals surface area contributed by atoms with Crippen molar-refractivity contribution in [2.24, 2.45) is 0 Å². The Labute approximate surface area is 127 Å². The Morgan fingerprint density at radius 3 is 2.50 bits per heavy atom. The van der Waals surface area contributed by atoms with Gasteiger partial charge in [0.1, 0.15) is 11.9 Å². The summed E-state index contributed by atoms with van der Waals surface area (Å²) < 4.78 is 6.31. The second-order valence-electron chi connectivity index (χ2n) is 4.34.